The largest absolute Gasteiger partial charge is 0.346 e. The first-order chi connectivity index (χ1) is 11.0. The van der Waals surface area contributed by atoms with E-state index in [2.05, 4.69) is 31.3 Å². The van der Waals surface area contributed by atoms with Gasteiger partial charge < -0.3 is 5.32 Å². The Hall–Kier alpha value is -2.06. The molecule has 1 atom stereocenters. The first-order valence-electron chi connectivity index (χ1n) is 7.83. The number of hydrogen-bond acceptors (Lipinski definition) is 1. The summed E-state index contributed by atoms with van der Waals surface area (Å²) < 4.78 is 0. The van der Waals surface area contributed by atoms with Crippen LogP contribution in [-0.2, 0) is 4.79 Å². The average molecular weight is 328 g/mol. The molecule has 0 heterocycles. The van der Waals surface area contributed by atoms with Crippen molar-refractivity contribution in [2.24, 2.45) is 5.92 Å². The van der Waals surface area contributed by atoms with Gasteiger partial charge in [0.1, 0.15) is 0 Å². The van der Waals surface area contributed by atoms with Crippen molar-refractivity contribution in [1.82, 2.24) is 5.32 Å². The summed E-state index contributed by atoms with van der Waals surface area (Å²) in [6, 6.07) is 17.5. The van der Waals surface area contributed by atoms with Gasteiger partial charge in [-0.15, -0.1) is 0 Å². The van der Waals surface area contributed by atoms with Gasteiger partial charge >= 0.3 is 0 Å². The monoisotopic (exact) mass is 327 g/mol. The molecule has 0 aliphatic heterocycles. The zero-order chi connectivity index (χ0) is 16.7. The zero-order valence-electron chi connectivity index (χ0n) is 13.5. The summed E-state index contributed by atoms with van der Waals surface area (Å²) in [6.07, 6.45) is 4.27. The molecule has 0 saturated carbocycles. The van der Waals surface area contributed by atoms with Crippen molar-refractivity contribution in [3.8, 4) is 0 Å². The number of halogens is 1. The maximum Gasteiger partial charge on any atom is 0.244 e. The van der Waals surface area contributed by atoms with E-state index < -0.39 is 0 Å². The summed E-state index contributed by atoms with van der Waals surface area (Å²) in [6.45, 7) is 4.32. The van der Waals surface area contributed by atoms with E-state index in [9.17, 15) is 4.79 Å². The van der Waals surface area contributed by atoms with Gasteiger partial charge in [0, 0.05) is 11.1 Å². The highest BCUT2D eigenvalue weighted by Gasteiger charge is 2.14. The van der Waals surface area contributed by atoms with Crippen molar-refractivity contribution in [3.05, 3.63) is 76.8 Å². The Labute approximate surface area is 143 Å². The van der Waals surface area contributed by atoms with Gasteiger partial charge in [-0.2, -0.15) is 0 Å². The smallest absolute Gasteiger partial charge is 0.244 e. The molecule has 120 valence electrons. The fourth-order valence-electron chi connectivity index (χ4n) is 2.40. The minimum absolute atomic E-state index is 0.0265. The number of hydrogen-bond donors (Lipinski definition) is 1. The number of amides is 1. The molecule has 2 aromatic carbocycles. The molecule has 1 unspecified atom stereocenters. The van der Waals surface area contributed by atoms with Crippen LogP contribution in [0.25, 0.3) is 6.08 Å². The molecule has 0 saturated heterocycles. The topological polar surface area (TPSA) is 29.1 Å². The number of benzene rings is 2. The third-order valence-corrected chi connectivity index (χ3v) is 3.77. The van der Waals surface area contributed by atoms with E-state index in [-0.39, 0.29) is 11.9 Å². The van der Waals surface area contributed by atoms with E-state index in [0.717, 1.165) is 17.5 Å². The number of rotatable bonds is 6. The Morgan fingerprint density at radius 3 is 2.35 bits per heavy atom. The molecule has 0 fully saturated rings. The molecule has 23 heavy (non-hydrogen) atoms. The lowest BCUT2D eigenvalue weighted by molar-refractivity contribution is -0.117. The Morgan fingerprint density at radius 2 is 1.74 bits per heavy atom. The SMILES string of the molecule is CC(C)CC(NC(=O)/C=C/c1ccc(Cl)cc1)c1ccccc1. The van der Waals surface area contributed by atoms with Gasteiger partial charge in [-0.25, -0.2) is 0 Å². The molecule has 1 amide bonds. The summed E-state index contributed by atoms with van der Waals surface area (Å²) in [5.41, 5.74) is 2.08. The van der Waals surface area contributed by atoms with Crippen LogP contribution in [-0.4, -0.2) is 5.91 Å². The van der Waals surface area contributed by atoms with Crippen molar-refractivity contribution < 1.29 is 4.79 Å². The van der Waals surface area contributed by atoms with Crippen LogP contribution in [0.1, 0.15) is 37.4 Å². The van der Waals surface area contributed by atoms with Crippen LogP contribution < -0.4 is 5.32 Å². The predicted molar refractivity (Wildman–Crippen MR) is 97.3 cm³/mol. The normalized spacial score (nSPS) is 12.5. The molecule has 0 aromatic heterocycles. The summed E-state index contributed by atoms with van der Waals surface area (Å²) in [7, 11) is 0. The van der Waals surface area contributed by atoms with Crippen molar-refractivity contribution in [2.75, 3.05) is 0 Å². The summed E-state index contributed by atoms with van der Waals surface area (Å²) in [5.74, 6) is 0.412. The predicted octanol–water partition coefficient (Wildman–Crippen LogP) is 5.26. The Bertz CT molecular complexity index is 647. The minimum Gasteiger partial charge on any atom is -0.346 e. The third kappa shape index (κ3) is 5.91. The molecule has 0 radical (unpaired) electrons. The molecule has 0 aliphatic rings. The van der Waals surface area contributed by atoms with Gasteiger partial charge in [-0.1, -0.05) is 67.9 Å². The molecule has 1 N–H and O–H groups in total. The molecule has 2 rings (SSSR count). The highest BCUT2D eigenvalue weighted by molar-refractivity contribution is 6.30. The van der Waals surface area contributed by atoms with E-state index >= 15 is 0 Å². The third-order valence-electron chi connectivity index (χ3n) is 3.52. The summed E-state index contributed by atoms with van der Waals surface area (Å²) >= 11 is 5.86. The van der Waals surface area contributed by atoms with Crippen molar-refractivity contribution in [1.29, 1.82) is 0 Å². The van der Waals surface area contributed by atoms with Crippen molar-refractivity contribution in [2.45, 2.75) is 26.3 Å². The van der Waals surface area contributed by atoms with Gasteiger partial charge in [-0.05, 0) is 41.7 Å². The van der Waals surface area contributed by atoms with E-state index in [0.29, 0.717) is 10.9 Å². The molecule has 0 aliphatic carbocycles. The lowest BCUT2D eigenvalue weighted by Gasteiger charge is -2.20. The fourth-order valence-corrected chi connectivity index (χ4v) is 2.53. The second kappa shape index (κ2) is 8.54. The van der Waals surface area contributed by atoms with Gasteiger partial charge in [0.15, 0.2) is 0 Å². The van der Waals surface area contributed by atoms with Gasteiger partial charge in [-0.3, -0.25) is 4.79 Å². The van der Waals surface area contributed by atoms with E-state index in [4.69, 9.17) is 11.6 Å². The number of carbonyl (C=O) groups is 1. The second-order valence-electron chi connectivity index (χ2n) is 5.99. The summed E-state index contributed by atoms with van der Waals surface area (Å²) in [5, 5.41) is 3.78. The summed E-state index contributed by atoms with van der Waals surface area (Å²) in [4.78, 5) is 12.2. The molecule has 2 aromatic rings. The van der Waals surface area contributed by atoms with Crippen LogP contribution in [0.15, 0.2) is 60.7 Å². The first kappa shape index (κ1) is 17.3. The van der Waals surface area contributed by atoms with Crippen LogP contribution in [0.3, 0.4) is 0 Å². The average Bonchev–Trinajstić information content (AvgIpc) is 2.54. The molecule has 3 heteroatoms. The van der Waals surface area contributed by atoms with E-state index in [1.807, 2.05) is 42.5 Å². The maximum absolute atomic E-state index is 12.2. The zero-order valence-corrected chi connectivity index (χ0v) is 14.3. The fraction of sp³-hybridized carbons (Fsp3) is 0.250. The van der Waals surface area contributed by atoms with E-state index in [1.54, 1.807) is 12.2 Å². The first-order valence-corrected chi connectivity index (χ1v) is 8.21. The van der Waals surface area contributed by atoms with Gasteiger partial charge in [0.2, 0.25) is 5.91 Å². The van der Waals surface area contributed by atoms with Crippen molar-refractivity contribution >= 4 is 23.6 Å². The highest BCUT2D eigenvalue weighted by Crippen LogP contribution is 2.21. The number of nitrogens with one attached hydrogen (secondary N) is 1. The molecular weight excluding hydrogens is 306 g/mol. The maximum atomic E-state index is 12.2. The van der Waals surface area contributed by atoms with Crippen LogP contribution >= 0.6 is 11.6 Å². The molecule has 0 bridgehead atoms. The standard InChI is InChI=1S/C20H22ClNO/c1-15(2)14-19(17-6-4-3-5-7-17)22-20(23)13-10-16-8-11-18(21)12-9-16/h3-13,15,19H,14H2,1-2H3,(H,22,23)/b13-10+. The van der Waals surface area contributed by atoms with Crippen LogP contribution in [0.5, 0.6) is 0 Å². The Balaban J connectivity index is 2.04. The highest BCUT2D eigenvalue weighted by atomic mass is 35.5. The lowest BCUT2D eigenvalue weighted by Crippen LogP contribution is -2.27. The Morgan fingerprint density at radius 1 is 1.09 bits per heavy atom. The minimum atomic E-state index is -0.0885. The second-order valence-corrected chi connectivity index (χ2v) is 6.42. The van der Waals surface area contributed by atoms with Crippen molar-refractivity contribution in [3.63, 3.8) is 0 Å². The van der Waals surface area contributed by atoms with Gasteiger partial charge in [0.25, 0.3) is 0 Å². The quantitative estimate of drug-likeness (QED) is 0.721. The number of carbonyl (C=O) groups excluding carboxylic acids is 1. The lowest BCUT2D eigenvalue weighted by atomic mass is 9.97. The van der Waals surface area contributed by atoms with Crippen LogP contribution in [0, 0.1) is 5.92 Å². The van der Waals surface area contributed by atoms with E-state index in [1.165, 1.54) is 0 Å². The molecule has 0 spiro atoms. The van der Waals surface area contributed by atoms with Gasteiger partial charge in [0.05, 0.1) is 6.04 Å². The molecule has 2 nitrogen and oxygen atoms in total. The molecular formula is C20H22ClNO. The van der Waals surface area contributed by atoms with Crippen LogP contribution in [0.4, 0.5) is 0 Å². The Kier molecular flexibility index (Phi) is 6.42. The van der Waals surface area contributed by atoms with Crippen LogP contribution in [0.2, 0.25) is 5.02 Å².